The Bertz CT molecular complexity index is 480. The maximum Gasteiger partial charge on any atom is 0.191 e. The number of rotatable bonds is 6. The van der Waals surface area contributed by atoms with Gasteiger partial charge in [0.1, 0.15) is 0 Å². The Balaban J connectivity index is 2.54. The van der Waals surface area contributed by atoms with Gasteiger partial charge < -0.3 is 15.4 Å². The van der Waals surface area contributed by atoms with Crippen LogP contribution in [0.2, 0.25) is 0 Å². The van der Waals surface area contributed by atoms with E-state index in [9.17, 15) is 8.78 Å². The van der Waals surface area contributed by atoms with Crippen LogP contribution in [0, 0.1) is 11.6 Å². The quantitative estimate of drug-likeness (QED) is 0.626. The molecular formula is C15H23F2N3O. The van der Waals surface area contributed by atoms with Crippen LogP contribution in [0.15, 0.2) is 23.2 Å². The van der Waals surface area contributed by atoms with E-state index >= 15 is 0 Å². The fourth-order valence-corrected chi connectivity index (χ4v) is 1.91. The Morgan fingerprint density at radius 3 is 2.57 bits per heavy atom. The van der Waals surface area contributed by atoms with E-state index in [0.29, 0.717) is 19.1 Å². The second-order valence-corrected chi connectivity index (χ2v) is 5.03. The van der Waals surface area contributed by atoms with Crippen molar-refractivity contribution in [3.8, 4) is 0 Å². The van der Waals surface area contributed by atoms with Gasteiger partial charge in [-0.25, -0.2) is 8.78 Å². The maximum absolute atomic E-state index is 13.2. The summed E-state index contributed by atoms with van der Waals surface area (Å²) in [6.45, 7) is 5.05. The average molecular weight is 299 g/mol. The maximum atomic E-state index is 13.2. The van der Waals surface area contributed by atoms with Crippen LogP contribution in [0.25, 0.3) is 0 Å². The minimum Gasteiger partial charge on any atom is -0.383 e. The number of methoxy groups -OCH3 is 1. The first-order valence-electron chi connectivity index (χ1n) is 6.89. The number of halogens is 2. The Morgan fingerprint density at radius 2 is 2.00 bits per heavy atom. The Hall–Kier alpha value is -1.69. The first-order valence-corrected chi connectivity index (χ1v) is 6.89. The summed E-state index contributed by atoms with van der Waals surface area (Å²) in [4.78, 5) is 4.11. The fourth-order valence-electron chi connectivity index (χ4n) is 1.91. The van der Waals surface area contributed by atoms with Gasteiger partial charge in [-0.2, -0.15) is 0 Å². The van der Waals surface area contributed by atoms with E-state index in [1.165, 1.54) is 6.07 Å². The van der Waals surface area contributed by atoms with Crippen LogP contribution in [0.1, 0.15) is 25.3 Å². The van der Waals surface area contributed by atoms with Crippen LogP contribution in [-0.2, 0) is 4.74 Å². The smallest absolute Gasteiger partial charge is 0.191 e. The molecule has 1 aromatic carbocycles. The lowest BCUT2D eigenvalue weighted by atomic mass is 10.0. The number of ether oxygens (including phenoxy) is 1. The second kappa shape index (κ2) is 8.56. The average Bonchev–Trinajstić information content (AvgIpc) is 2.46. The lowest BCUT2D eigenvalue weighted by Crippen LogP contribution is -2.44. The Labute approximate surface area is 124 Å². The molecule has 2 unspecified atom stereocenters. The largest absolute Gasteiger partial charge is 0.383 e. The summed E-state index contributed by atoms with van der Waals surface area (Å²) >= 11 is 0. The van der Waals surface area contributed by atoms with Crippen LogP contribution >= 0.6 is 0 Å². The molecule has 0 amide bonds. The molecule has 6 heteroatoms. The molecule has 21 heavy (non-hydrogen) atoms. The summed E-state index contributed by atoms with van der Waals surface area (Å²) in [7, 11) is 3.32. The highest BCUT2D eigenvalue weighted by Crippen LogP contribution is 2.17. The molecule has 0 heterocycles. The first-order chi connectivity index (χ1) is 9.97. The highest BCUT2D eigenvalue weighted by atomic mass is 19.2. The standard InChI is InChI=1S/C15H23F2N3O/c1-10(12-5-6-13(16)14(17)7-12)8-19-15(18-3)20-11(2)9-21-4/h5-7,10-11H,8-9H2,1-4H3,(H2,18,19,20). The van der Waals surface area contributed by atoms with Gasteiger partial charge in [-0.05, 0) is 30.5 Å². The van der Waals surface area contributed by atoms with E-state index in [0.717, 1.165) is 11.6 Å². The SMILES string of the molecule is CN=C(NCC(C)c1ccc(F)c(F)c1)NC(C)COC. The van der Waals surface area contributed by atoms with Crippen molar-refractivity contribution in [2.75, 3.05) is 27.3 Å². The van der Waals surface area contributed by atoms with Gasteiger partial charge in [-0.3, -0.25) is 4.99 Å². The first kappa shape index (κ1) is 17.4. The van der Waals surface area contributed by atoms with Crippen LogP contribution in [-0.4, -0.2) is 39.3 Å². The zero-order chi connectivity index (χ0) is 15.8. The fraction of sp³-hybridized carbons (Fsp3) is 0.533. The summed E-state index contributed by atoms with van der Waals surface area (Å²) in [6.07, 6.45) is 0. The highest BCUT2D eigenvalue weighted by molar-refractivity contribution is 5.79. The van der Waals surface area contributed by atoms with Crippen LogP contribution < -0.4 is 10.6 Å². The summed E-state index contributed by atoms with van der Waals surface area (Å²) in [5, 5.41) is 6.33. The third-order valence-electron chi connectivity index (χ3n) is 3.11. The minimum atomic E-state index is -0.829. The monoisotopic (exact) mass is 299 g/mol. The summed E-state index contributed by atoms with van der Waals surface area (Å²) in [5.74, 6) is -0.981. The number of nitrogens with one attached hydrogen (secondary N) is 2. The molecule has 2 atom stereocenters. The summed E-state index contributed by atoms with van der Waals surface area (Å²) in [5.41, 5.74) is 0.738. The van der Waals surface area contributed by atoms with Crippen molar-refractivity contribution in [3.63, 3.8) is 0 Å². The van der Waals surface area contributed by atoms with Crippen LogP contribution in [0.4, 0.5) is 8.78 Å². The number of benzene rings is 1. The second-order valence-electron chi connectivity index (χ2n) is 5.03. The molecule has 0 radical (unpaired) electrons. The number of nitrogens with zero attached hydrogens (tertiary/aromatic N) is 1. The van der Waals surface area contributed by atoms with Gasteiger partial charge >= 0.3 is 0 Å². The van der Waals surface area contributed by atoms with Crippen molar-refractivity contribution in [3.05, 3.63) is 35.4 Å². The molecular weight excluding hydrogens is 276 g/mol. The Morgan fingerprint density at radius 1 is 1.29 bits per heavy atom. The zero-order valence-electron chi connectivity index (χ0n) is 12.9. The zero-order valence-corrected chi connectivity index (χ0v) is 12.9. The molecule has 0 spiro atoms. The molecule has 0 aliphatic carbocycles. The lowest BCUT2D eigenvalue weighted by molar-refractivity contribution is 0.179. The van der Waals surface area contributed by atoms with E-state index < -0.39 is 11.6 Å². The third kappa shape index (κ3) is 5.67. The van der Waals surface area contributed by atoms with Gasteiger partial charge in [0, 0.05) is 26.7 Å². The molecule has 0 aliphatic rings. The molecule has 4 nitrogen and oxygen atoms in total. The molecule has 0 fully saturated rings. The molecule has 118 valence electrons. The van der Waals surface area contributed by atoms with Crippen molar-refractivity contribution in [1.29, 1.82) is 0 Å². The van der Waals surface area contributed by atoms with Crippen LogP contribution in [0.5, 0.6) is 0 Å². The van der Waals surface area contributed by atoms with Crippen molar-refractivity contribution in [2.24, 2.45) is 4.99 Å². The number of hydrogen-bond acceptors (Lipinski definition) is 2. The van der Waals surface area contributed by atoms with E-state index in [-0.39, 0.29) is 12.0 Å². The highest BCUT2D eigenvalue weighted by Gasteiger charge is 2.11. The van der Waals surface area contributed by atoms with E-state index in [2.05, 4.69) is 15.6 Å². The third-order valence-corrected chi connectivity index (χ3v) is 3.11. The van der Waals surface area contributed by atoms with Gasteiger partial charge in [0.2, 0.25) is 0 Å². The Kier molecular flexibility index (Phi) is 7.08. The molecule has 0 bridgehead atoms. The van der Waals surface area contributed by atoms with Crippen molar-refractivity contribution in [1.82, 2.24) is 10.6 Å². The lowest BCUT2D eigenvalue weighted by Gasteiger charge is -2.19. The van der Waals surface area contributed by atoms with E-state index in [1.54, 1.807) is 20.2 Å². The van der Waals surface area contributed by atoms with Gasteiger partial charge in [-0.1, -0.05) is 13.0 Å². The number of guanidine groups is 1. The van der Waals surface area contributed by atoms with Crippen molar-refractivity contribution >= 4 is 5.96 Å². The molecule has 0 aromatic heterocycles. The van der Waals surface area contributed by atoms with Gasteiger partial charge in [0.15, 0.2) is 17.6 Å². The van der Waals surface area contributed by atoms with Gasteiger partial charge in [0.25, 0.3) is 0 Å². The molecule has 0 aliphatic heterocycles. The molecule has 0 saturated carbocycles. The normalized spacial score (nSPS) is 14.7. The van der Waals surface area contributed by atoms with Gasteiger partial charge in [0.05, 0.1) is 6.61 Å². The molecule has 0 saturated heterocycles. The van der Waals surface area contributed by atoms with Crippen molar-refractivity contribution < 1.29 is 13.5 Å². The molecule has 1 rings (SSSR count). The predicted octanol–water partition coefficient (Wildman–Crippen LogP) is 2.27. The van der Waals surface area contributed by atoms with E-state index in [4.69, 9.17) is 4.74 Å². The summed E-state index contributed by atoms with van der Waals surface area (Å²) in [6, 6.07) is 4.09. The molecule has 1 aromatic rings. The minimum absolute atomic E-state index is 0.0244. The number of hydrogen-bond donors (Lipinski definition) is 2. The van der Waals surface area contributed by atoms with Gasteiger partial charge in [-0.15, -0.1) is 0 Å². The van der Waals surface area contributed by atoms with E-state index in [1.807, 2.05) is 13.8 Å². The predicted molar refractivity (Wildman–Crippen MR) is 80.6 cm³/mol. The number of aliphatic imine (C=N–C) groups is 1. The molecule has 2 N–H and O–H groups in total. The topological polar surface area (TPSA) is 45.7 Å². The van der Waals surface area contributed by atoms with Crippen molar-refractivity contribution in [2.45, 2.75) is 25.8 Å². The summed E-state index contributed by atoms with van der Waals surface area (Å²) < 4.78 is 31.2. The van der Waals surface area contributed by atoms with Crippen LogP contribution in [0.3, 0.4) is 0 Å².